The minimum atomic E-state index is -0.0615. The summed E-state index contributed by atoms with van der Waals surface area (Å²) in [6, 6.07) is 32.1. The average Bonchev–Trinajstić information content (AvgIpc) is 3.99. The maximum Gasteiger partial charge on any atom is 0.227 e. The van der Waals surface area contributed by atoms with Crippen molar-refractivity contribution in [2.75, 3.05) is 13.1 Å². The van der Waals surface area contributed by atoms with Crippen LogP contribution < -0.4 is 4.74 Å². The van der Waals surface area contributed by atoms with Crippen LogP contribution in [0.25, 0.3) is 22.5 Å². The number of nitrogens with one attached hydrogen (secondary N) is 2. The van der Waals surface area contributed by atoms with Crippen LogP contribution in [-0.4, -0.2) is 54.6 Å². The summed E-state index contributed by atoms with van der Waals surface area (Å²) in [5.41, 5.74) is 8.13. The van der Waals surface area contributed by atoms with Crippen LogP contribution in [0.3, 0.4) is 0 Å². The van der Waals surface area contributed by atoms with E-state index in [-0.39, 0.29) is 50.9 Å². The van der Waals surface area contributed by atoms with E-state index < -0.39 is 0 Å². The Labute approximate surface area is 336 Å². The highest BCUT2D eigenvalue weighted by molar-refractivity contribution is 7.59. The molecule has 2 aliphatic heterocycles. The summed E-state index contributed by atoms with van der Waals surface area (Å²) in [6.45, 7) is 5.59. The lowest BCUT2D eigenvalue weighted by Crippen LogP contribution is -2.32. The molecule has 0 aliphatic carbocycles. The van der Waals surface area contributed by atoms with Crippen molar-refractivity contribution < 1.29 is 14.3 Å². The first-order valence-corrected chi connectivity index (χ1v) is 18.5. The van der Waals surface area contributed by atoms with Crippen molar-refractivity contribution >= 4 is 38.8 Å². The summed E-state index contributed by atoms with van der Waals surface area (Å²) in [4.78, 5) is 46.9. The van der Waals surface area contributed by atoms with E-state index in [1.54, 1.807) is 0 Å². The second-order valence-electron chi connectivity index (χ2n) is 14.3. The standard InChI is InChI=1S/C44H44N6O3.2H2S/c1-29-8-3-10-31(22-29)24-41(51)49-20-6-14-39(49)43-45-27-37(47-43)33-16-18-35(19-17-33)53-36-13-5-12-34(26-36)38-28-46-44(48-38)40-15-7-21-50(40)42(52)25-32-11-4-9-30(2)23-32;;/h3-5,8-13,16-19,22-23,26-28,39-40H,6-7,14-15,20-21,24-25H2,1-2H3,(H,45,47)(H,46,48);2*1H2/t39-,40-;;/m0../s1. The summed E-state index contributed by atoms with van der Waals surface area (Å²) < 4.78 is 6.28. The molecule has 55 heavy (non-hydrogen) atoms. The number of aromatic amines is 2. The van der Waals surface area contributed by atoms with Crippen LogP contribution in [-0.2, 0) is 22.4 Å². The van der Waals surface area contributed by atoms with Crippen LogP contribution >= 0.6 is 27.0 Å². The van der Waals surface area contributed by atoms with Crippen LogP contribution in [0, 0.1) is 13.8 Å². The van der Waals surface area contributed by atoms with Crippen molar-refractivity contribution in [1.82, 2.24) is 29.7 Å². The number of imidazole rings is 2. The van der Waals surface area contributed by atoms with E-state index in [2.05, 4.69) is 48.1 Å². The van der Waals surface area contributed by atoms with Gasteiger partial charge < -0.3 is 24.5 Å². The predicted molar refractivity (Wildman–Crippen MR) is 226 cm³/mol. The lowest BCUT2D eigenvalue weighted by Gasteiger charge is -2.23. The van der Waals surface area contributed by atoms with Crippen LogP contribution in [0.4, 0.5) is 0 Å². The number of H-pyrrole nitrogens is 2. The zero-order valence-corrected chi connectivity index (χ0v) is 33.2. The Morgan fingerprint density at radius 1 is 0.636 bits per heavy atom. The van der Waals surface area contributed by atoms with E-state index in [9.17, 15) is 9.59 Å². The third kappa shape index (κ3) is 9.01. The summed E-state index contributed by atoms with van der Waals surface area (Å²) in [5, 5.41) is 0. The van der Waals surface area contributed by atoms with Gasteiger partial charge in [-0.3, -0.25) is 9.59 Å². The molecular weight excluding hydrogens is 725 g/mol. The Bertz CT molecular complexity index is 2250. The first kappa shape index (κ1) is 39.4. The third-order valence-corrected chi connectivity index (χ3v) is 10.4. The molecule has 2 aromatic heterocycles. The van der Waals surface area contributed by atoms with Crippen molar-refractivity contribution in [3.05, 3.63) is 143 Å². The molecule has 9 nitrogen and oxygen atoms in total. The number of aromatic nitrogens is 4. The average molecular weight is 773 g/mol. The number of hydrogen-bond acceptors (Lipinski definition) is 5. The highest BCUT2D eigenvalue weighted by atomic mass is 32.1. The molecule has 4 heterocycles. The van der Waals surface area contributed by atoms with Crippen LogP contribution in [0.2, 0.25) is 0 Å². The van der Waals surface area contributed by atoms with Crippen molar-refractivity contribution in [3.8, 4) is 34.0 Å². The highest BCUT2D eigenvalue weighted by Gasteiger charge is 2.33. The van der Waals surface area contributed by atoms with Gasteiger partial charge in [0.05, 0.1) is 48.7 Å². The topological polar surface area (TPSA) is 107 Å². The van der Waals surface area contributed by atoms with Gasteiger partial charge in [0.2, 0.25) is 11.8 Å². The Kier molecular flexibility index (Phi) is 12.5. The van der Waals surface area contributed by atoms with E-state index in [1.807, 2.05) is 95.0 Å². The number of carbonyl (C=O) groups is 2. The first-order chi connectivity index (χ1) is 25.9. The van der Waals surface area contributed by atoms with E-state index in [1.165, 1.54) is 0 Å². The smallest absolute Gasteiger partial charge is 0.227 e. The van der Waals surface area contributed by atoms with Gasteiger partial charge >= 0.3 is 0 Å². The summed E-state index contributed by atoms with van der Waals surface area (Å²) in [5.74, 6) is 3.33. The van der Waals surface area contributed by atoms with E-state index in [0.717, 1.165) is 95.2 Å². The number of ether oxygens (including phenoxy) is 1. The molecule has 2 atom stereocenters. The Hall–Kier alpha value is -5.26. The van der Waals surface area contributed by atoms with E-state index in [4.69, 9.17) is 14.7 Å². The van der Waals surface area contributed by atoms with Crippen molar-refractivity contribution in [3.63, 3.8) is 0 Å². The Morgan fingerprint density at radius 3 is 1.67 bits per heavy atom. The molecule has 284 valence electrons. The summed E-state index contributed by atoms with van der Waals surface area (Å²) in [7, 11) is 0. The largest absolute Gasteiger partial charge is 0.457 e. The molecule has 2 fully saturated rings. The van der Waals surface area contributed by atoms with Gasteiger partial charge in [0, 0.05) is 18.7 Å². The third-order valence-electron chi connectivity index (χ3n) is 10.4. The number of aryl methyl sites for hydroxylation is 2. The lowest BCUT2D eigenvalue weighted by atomic mass is 10.1. The Balaban J connectivity index is 0.00000257. The van der Waals surface area contributed by atoms with Gasteiger partial charge in [-0.2, -0.15) is 27.0 Å². The number of rotatable bonds is 10. The quantitative estimate of drug-likeness (QED) is 0.145. The zero-order chi connectivity index (χ0) is 36.3. The molecule has 2 amide bonds. The van der Waals surface area contributed by atoms with E-state index >= 15 is 0 Å². The van der Waals surface area contributed by atoms with Crippen LogP contribution in [0.15, 0.2) is 109 Å². The molecule has 8 rings (SSSR count). The molecule has 0 spiro atoms. The van der Waals surface area contributed by atoms with Gasteiger partial charge in [0.1, 0.15) is 23.1 Å². The second-order valence-corrected chi connectivity index (χ2v) is 14.3. The number of hydrogen-bond donors (Lipinski definition) is 2. The fourth-order valence-electron chi connectivity index (χ4n) is 7.77. The minimum Gasteiger partial charge on any atom is -0.457 e. The van der Waals surface area contributed by atoms with Gasteiger partial charge in [-0.05, 0) is 92.6 Å². The van der Waals surface area contributed by atoms with Gasteiger partial charge in [-0.15, -0.1) is 0 Å². The minimum absolute atomic E-state index is 0. The number of carbonyl (C=O) groups excluding carboxylic acids is 2. The number of benzene rings is 4. The van der Waals surface area contributed by atoms with Gasteiger partial charge in [0.25, 0.3) is 0 Å². The number of likely N-dealkylation sites (tertiary alicyclic amines) is 2. The number of amides is 2. The molecule has 2 aliphatic rings. The normalized spacial score (nSPS) is 16.4. The van der Waals surface area contributed by atoms with Gasteiger partial charge in [0.15, 0.2) is 0 Å². The molecule has 6 aromatic rings. The molecular formula is C44H48N6O3S2. The molecule has 0 unspecified atom stereocenters. The molecule has 0 bridgehead atoms. The zero-order valence-electron chi connectivity index (χ0n) is 31.2. The van der Waals surface area contributed by atoms with Crippen LogP contribution in [0.5, 0.6) is 11.5 Å². The summed E-state index contributed by atoms with van der Waals surface area (Å²) in [6.07, 6.45) is 8.18. The second kappa shape index (κ2) is 17.5. The number of nitrogens with zero attached hydrogens (tertiary/aromatic N) is 4. The summed E-state index contributed by atoms with van der Waals surface area (Å²) >= 11 is 0. The molecule has 4 aromatic carbocycles. The molecule has 11 heteroatoms. The molecule has 0 radical (unpaired) electrons. The lowest BCUT2D eigenvalue weighted by molar-refractivity contribution is -0.132. The maximum atomic E-state index is 13.3. The van der Waals surface area contributed by atoms with Crippen LogP contribution in [0.1, 0.15) is 71.7 Å². The van der Waals surface area contributed by atoms with Crippen molar-refractivity contribution in [1.29, 1.82) is 0 Å². The van der Waals surface area contributed by atoms with Crippen molar-refractivity contribution in [2.45, 2.75) is 64.5 Å². The van der Waals surface area contributed by atoms with E-state index in [0.29, 0.717) is 24.3 Å². The monoisotopic (exact) mass is 772 g/mol. The molecule has 2 N–H and O–H groups in total. The SMILES string of the molecule is Cc1cccc(CC(=O)N2CCC[C@H]2c2ncc(-c3ccc(Oc4cccc(-c5cnc([C@@H]6CCCN6C(=O)Cc6cccc(C)c6)[nH]5)c4)cc3)[nH]2)c1.S.S. The van der Waals surface area contributed by atoms with Gasteiger partial charge in [-0.25, -0.2) is 9.97 Å². The predicted octanol–water partition coefficient (Wildman–Crippen LogP) is 8.91. The fraction of sp³-hybridized carbons (Fsp3) is 0.273. The molecule has 2 saturated heterocycles. The van der Waals surface area contributed by atoms with Gasteiger partial charge in [-0.1, -0.05) is 71.8 Å². The van der Waals surface area contributed by atoms with Crippen molar-refractivity contribution in [2.24, 2.45) is 0 Å². The molecule has 0 saturated carbocycles. The highest BCUT2D eigenvalue weighted by Crippen LogP contribution is 2.35. The first-order valence-electron chi connectivity index (χ1n) is 18.5. The fourth-order valence-corrected chi connectivity index (χ4v) is 7.77. The Morgan fingerprint density at radius 2 is 1.15 bits per heavy atom. The maximum absolute atomic E-state index is 13.3.